The molecule has 1 aromatic carbocycles. The molecule has 2 rings (SSSR count). The van der Waals surface area contributed by atoms with Crippen LogP contribution in [-0.2, 0) is 0 Å². The summed E-state index contributed by atoms with van der Waals surface area (Å²) in [4.78, 5) is 15.7. The quantitative estimate of drug-likeness (QED) is 0.620. The minimum Gasteiger partial charge on any atom is -0.493 e. The third kappa shape index (κ3) is 4.53. The van der Waals surface area contributed by atoms with Crippen LogP contribution in [0.1, 0.15) is 22.8 Å². The van der Waals surface area contributed by atoms with Crippen LogP contribution in [0.15, 0.2) is 46.2 Å². The summed E-state index contributed by atoms with van der Waals surface area (Å²) in [5, 5.41) is 3.95. The number of hydrazone groups is 1. The molecule has 1 N–H and O–H groups in total. The van der Waals surface area contributed by atoms with Gasteiger partial charge in [0.2, 0.25) is 0 Å². The number of carbonyl (C=O) groups is 1. The van der Waals surface area contributed by atoms with Crippen LogP contribution in [0.4, 0.5) is 0 Å². The minimum absolute atomic E-state index is 0.305. The standard InChI is InChI=1S/C16H16BrN3O3/c1-3-23-15-13(17)8-11(9-14(15)22-2)10-19-20-16(21)12-4-6-18-7-5-12/h4-10H,3H2,1-2H3,(H,20,21)/b19-10-. The molecule has 0 saturated carbocycles. The van der Waals surface area contributed by atoms with Crippen LogP contribution >= 0.6 is 15.9 Å². The third-order valence-electron chi connectivity index (χ3n) is 2.86. The van der Waals surface area contributed by atoms with Gasteiger partial charge in [0.05, 0.1) is 24.4 Å². The fraction of sp³-hybridized carbons (Fsp3) is 0.188. The van der Waals surface area contributed by atoms with Gasteiger partial charge in [-0.25, -0.2) is 5.43 Å². The number of nitrogens with zero attached hydrogens (tertiary/aromatic N) is 2. The van der Waals surface area contributed by atoms with Crippen LogP contribution in [0, 0.1) is 0 Å². The van der Waals surface area contributed by atoms with Crippen molar-refractivity contribution in [1.82, 2.24) is 10.4 Å². The number of carbonyl (C=O) groups excluding carboxylic acids is 1. The minimum atomic E-state index is -0.305. The van der Waals surface area contributed by atoms with Crippen molar-refractivity contribution >= 4 is 28.1 Å². The maximum atomic E-state index is 11.9. The molecule has 0 saturated heterocycles. The number of aromatic nitrogens is 1. The number of nitrogens with one attached hydrogen (secondary N) is 1. The van der Waals surface area contributed by atoms with E-state index in [-0.39, 0.29) is 5.91 Å². The van der Waals surface area contributed by atoms with Gasteiger partial charge >= 0.3 is 0 Å². The van der Waals surface area contributed by atoms with E-state index in [0.717, 1.165) is 10.0 Å². The van der Waals surface area contributed by atoms with Gasteiger partial charge in [0, 0.05) is 18.0 Å². The molecule has 23 heavy (non-hydrogen) atoms. The van der Waals surface area contributed by atoms with Crippen molar-refractivity contribution in [1.29, 1.82) is 0 Å². The zero-order valence-electron chi connectivity index (χ0n) is 12.7. The monoisotopic (exact) mass is 377 g/mol. The van der Waals surface area contributed by atoms with Gasteiger partial charge in [-0.05, 0) is 52.7 Å². The molecule has 6 nitrogen and oxygen atoms in total. The molecule has 0 radical (unpaired) electrons. The highest BCUT2D eigenvalue weighted by Crippen LogP contribution is 2.36. The Morgan fingerprint density at radius 3 is 2.78 bits per heavy atom. The first-order valence-corrected chi connectivity index (χ1v) is 7.68. The lowest BCUT2D eigenvalue weighted by atomic mass is 10.2. The molecule has 0 aliphatic carbocycles. The molecule has 2 aromatic rings. The Balaban J connectivity index is 2.11. The van der Waals surface area contributed by atoms with Crippen LogP contribution in [0.2, 0.25) is 0 Å². The lowest BCUT2D eigenvalue weighted by Gasteiger charge is -2.11. The molecule has 0 bridgehead atoms. The molecule has 0 aliphatic rings. The number of ether oxygens (including phenoxy) is 2. The zero-order chi connectivity index (χ0) is 16.7. The average Bonchev–Trinajstić information content (AvgIpc) is 2.57. The highest BCUT2D eigenvalue weighted by Gasteiger charge is 2.10. The first-order chi connectivity index (χ1) is 11.2. The summed E-state index contributed by atoms with van der Waals surface area (Å²) in [6.45, 7) is 2.43. The normalized spacial score (nSPS) is 10.6. The predicted molar refractivity (Wildman–Crippen MR) is 91.2 cm³/mol. The van der Waals surface area contributed by atoms with Crippen molar-refractivity contribution < 1.29 is 14.3 Å². The molecule has 0 aliphatic heterocycles. The predicted octanol–water partition coefficient (Wildman–Crippen LogP) is 3.02. The van der Waals surface area contributed by atoms with Gasteiger partial charge in [0.15, 0.2) is 11.5 Å². The number of halogens is 1. The molecule has 0 atom stereocenters. The van der Waals surface area contributed by atoms with Crippen molar-refractivity contribution in [2.24, 2.45) is 5.10 Å². The lowest BCUT2D eigenvalue weighted by Crippen LogP contribution is -2.17. The summed E-state index contributed by atoms with van der Waals surface area (Å²) < 4.78 is 11.6. The largest absolute Gasteiger partial charge is 0.493 e. The third-order valence-corrected chi connectivity index (χ3v) is 3.45. The lowest BCUT2D eigenvalue weighted by molar-refractivity contribution is 0.0955. The Labute approximate surface area is 142 Å². The fourth-order valence-electron chi connectivity index (χ4n) is 1.83. The number of hydrogen-bond donors (Lipinski definition) is 1. The van der Waals surface area contributed by atoms with Crippen LogP contribution in [0.5, 0.6) is 11.5 Å². The number of methoxy groups -OCH3 is 1. The second-order valence-electron chi connectivity index (χ2n) is 4.40. The molecular weight excluding hydrogens is 362 g/mol. The number of pyridine rings is 1. The summed E-state index contributed by atoms with van der Waals surface area (Å²) >= 11 is 3.44. The molecule has 0 fully saturated rings. The summed E-state index contributed by atoms with van der Waals surface area (Å²) in [5.74, 6) is 0.914. The highest BCUT2D eigenvalue weighted by atomic mass is 79.9. The maximum absolute atomic E-state index is 11.9. The Kier molecular flexibility index (Phi) is 6.10. The smallest absolute Gasteiger partial charge is 0.271 e. The molecule has 1 heterocycles. The van der Waals surface area contributed by atoms with Crippen LogP contribution in [-0.4, -0.2) is 30.8 Å². The van der Waals surface area contributed by atoms with Crippen LogP contribution < -0.4 is 14.9 Å². The van der Waals surface area contributed by atoms with Crippen molar-refractivity contribution in [2.75, 3.05) is 13.7 Å². The van der Waals surface area contributed by atoms with Crippen molar-refractivity contribution in [3.63, 3.8) is 0 Å². The van der Waals surface area contributed by atoms with Crippen molar-refractivity contribution in [3.05, 3.63) is 52.3 Å². The summed E-state index contributed by atoms with van der Waals surface area (Å²) in [6.07, 6.45) is 4.63. The summed E-state index contributed by atoms with van der Waals surface area (Å²) in [7, 11) is 1.57. The van der Waals surface area contributed by atoms with Gasteiger partial charge in [-0.3, -0.25) is 9.78 Å². The van der Waals surface area contributed by atoms with E-state index in [2.05, 4.69) is 31.4 Å². The Hall–Kier alpha value is -2.41. The van der Waals surface area contributed by atoms with Gasteiger partial charge < -0.3 is 9.47 Å². The molecule has 7 heteroatoms. The number of amides is 1. The summed E-state index contributed by atoms with van der Waals surface area (Å²) in [5.41, 5.74) is 3.70. The van der Waals surface area contributed by atoms with E-state index >= 15 is 0 Å². The first-order valence-electron chi connectivity index (χ1n) is 6.89. The van der Waals surface area contributed by atoms with Gasteiger partial charge in [-0.2, -0.15) is 5.10 Å². The van der Waals surface area contributed by atoms with E-state index in [1.165, 1.54) is 6.21 Å². The average molecular weight is 378 g/mol. The van der Waals surface area contributed by atoms with Gasteiger partial charge in [-0.15, -0.1) is 0 Å². The molecule has 1 amide bonds. The molecule has 1 aromatic heterocycles. The first kappa shape index (κ1) is 17.0. The summed E-state index contributed by atoms with van der Waals surface area (Å²) in [6, 6.07) is 6.83. The molecule has 0 spiro atoms. The Morgan fingerprint density at radius 1 is 1.39 bits per heavy atom. The van der Waals surface area contributed by atoms with E-state index in [0.29, 0.717) is 23.7 Å². The second-order valence-corrected chi connectivity index (χ2v) is 5.26. The van der Waals surface area contributed by atoms with E-state index in [1.54, 1.807) is 37.7 Å². The second kappa shape index (κ2) is 8.28. The van der Waals surface area contributed by atoms with Crippen molar-refractivity contribution in [2.45, 2.75) is 6.92 Å². The Bertz CT molecular complexity index is 705. The highest BCUT2D eigenvalue weighted by molar-refractivity contribution is 9.10. The topological polar surface area (TPSA) is 72.8 Å². The van der Waals surface area contributed by atoms with Crippen molar-refractivity contribution in [3.8, 4) is 11.5 Å². The maximum Gasteiger partial charge on any atom is 0.271 e. The van der Waals surface area contributed by atoms with E-state index in [4.69, 9.17) is 9.47 Å². The Morgan fingerprint density at radius 2 is 2.13 bits per heavy atom. The van der Waals surface area contributed by atoms with E-state index in [1.807, 2.05) is 13.0 Å². The number of rotatable bonds is 6. The van der Waals surface area contributed by atoms with E-state index < -0.39 is 0 Å². The molecular formula is C16H16BrN3O3. The molecule has 0 unspecified atom stereocenters. The molecule has 120 valence electrons. The number of benzene rings is 1. The number of hydrogen-bond acceptors (Lipinski definition) is 5. The zero-order valence-corrected chi connectivity index (χ0v) is 14.3. The SMILES string of the molecule is CCOc1c(Br)cc(/C=N\NC(=O)c2ccncc2)cc1OC. The van der Waals surface area contributed by atoms with Gasteiger partial charge in [0.1, 0.15) is 0 Å². The van der Waals surface area contributed by atoms with Crippen LogP contribution in [0.3, 0.4) is 0 Å². The van der Waals surface area contributed by atoms with Crippen LogP contribution in [0.25, 0.3) is 0 Å². The van der Waals surface area contributed by atoms with Gasteiger partial charge in [-0.1, -0.05) is 0 Å². The fourth-order valence-corrected chi connectivity index (χ4v) is 2.41. The van der Waals surface area contributed by atoms with Gasteiger partial charge in [0.25, 0.3) is 5.91 Å². The van der Waals surface area contributed by atoms with E-state index in [9.17, 15) is 4.79 Å².